The fraction of sp³-hybridized carbons (Fsp3) is 0.346. The highest BCUT2D eigenvalue weighted by atomic mass is 16.2. The summed E-state index contributed by atoms with van der Waals surface area (Å²) in [5, 5.41) is 19.2. The molecule has 8 heteroatoms. The minimum atomic E-state index is 0.0578. The lowest BCUT2D eigenvalue weighted by molar-refractivity contribution is 0.0786. The molecule has 8 nitrogen and oxygen atoms in total. The number of nitrogens with zero attached hydrogens (tertiary/aromatic N) is 6. The number of carbonyl (C=O) groups excluding carboxylic acids is 1. The number of H-pyrrole nitrogens is 1. The van der Waals surface area contributed by atoms with Crippen LogP contribution in [0.5, 0.6) is 0 Å². The first-order valence-corrected chi connectivity index (χ1v) is 12.0. The van der Waals surface area contributed by atoms with Crippen molar-refractivity contribution in [1.82, 2.24) is 35.3 Å². The van der Waals surface area contributed by atoms with Crippen molar-refractivity contribution in [3.05, 3.63) is 71.5 Å². The Kier molecular flexibility index (Phi) is 6.46. The second-order valence-corrected chi connectivity index (χ2v) is 8.76. The van der Waals surface area contributed by atoms with E-state index in [-0.39, 0.29) is 5.91 Å². The summed E-state index contributed by atoms with van der Waals surface area (Å²) in [6.07, 6.45) is 5.27. The van der Waals surface area contributed by atoms with Crippen molar-refractivity contribution in [3.63, 3.8) is 0 Å². The maximum atomic E-state index is 12.9. The van der Waals surface area contributed by atoms with E-state index in [9.17, 15) is 4.79 Å². The molecule has 1 fully saturated rings. The van der Waals surface area contributed by atoms with Crippen LogP contribution in [0.3, 0.4) is 0 Å². The smallest absolute Gasteiger partial charge is 0.274 e. The normalized spacial score (nSPS) is 13.5. The first-order chi connectivity index (χ1) is 16.7. The predicted molar refractivity (Wildman–Crippen MR) is 130 cm³/mol. The van der Waals surface area contributed by atoms with Gasteiger partial charge in [0.15, 0.2) is 5.69 Å². The second kappa shape index (κ2) is 9.99. The fourth-order valence-electron chi connectivity index (χ4n) is 4.51. The lowest BCUT2D eigenvalue weighted by Gasteiger charge is -2.13. The summed E-state index contributed by atoms with van der Waals surface area (Å²) in [7, 11) is 0. The van der Waals surface area contributed by atoms with E-state index in [4.69, 9.17) is 5.10 Å². The zero-order valence-corrected chi connectivity index (χ0v) is 19.4. The molecule has 0 spiro atoms. The van der Waals surface area contributed by atoms with Gasteiger partial charge in [-0.15, -0.1) is 10.2 Å². The lowest BCUT2D eigenvalue weighted by Crippen LogP contribution is -2.28. The quantitative estimate of drug-likeness (QED) is 0.426. The van der Waals surface area contributed by atoms with Gasteiger partial charge < -0.3 is 4.90 Å². The number of amides is 1. The summed E-state index contributed by atoms with van der Waals surface area (Å²) in [5.74, 6) is 0.634. The molecule has 2 aromatic carbocycles. The number of hydrogen-bond donors (Lipinski definition) is 1. The highest BCUT2D eigenvalue weighted by Crippen LogP contribution is 2.30. The van der Waals surface area contributed by atoms with Crippen molar-refractivity contribution in [2.75, 3.05) is 13.1 Å². The van der Waals surface area contributed by atoms with Crippen molar-refractivity contribution in [1.29, 1.82) is 0 Å². The number of unbranched alkanes of at least 4 members (excludes halogenated alkanes) is 1. The van der Waals surface area contributed by atoms with E-state index < -0.39 is 0 Å². The zero-order chi connectivity index (χ0) is 23.3. The average Bonchev–Trinajstić information content (AvgIpc) is 3.66. The number of tetrazole rings is 1. The monoisotopic (exact) mass is 455 g/mol. The predicted octanol–water partition coefficient (Wildman–Crippen LogP) is 4.36. The first-order valence-electron chi connectivity index (χ1n) is 12.0. The van der Waals surface area contributed by atoms with Crippen LogP contribution in [0.1, 0.15) is 54.4 Å². The van der Waals surface area contributed by atoms with Crippen LogP contribution in [-0.4, -0.2) is 54.3 Å². The van der Waals surface area contributed by atoms with E-state index in [1.807, 2.05) is 33.8 Å². The number of nitrogens with one attached hydrogen (secondary N) is 1. The Hall–Kier alpha value is -3.81. The van der Waals surface area contributed by atoms with E-state index in [1.54, 1.807) is 0 Å². The molecule has 4 aromatic rings. The molecule has 1 aliphatic heterocycles. The Labute approximate surface area is 199 Å². The van der Waals surface area contributed by atoms with Crippen LogP contribution in [0.15, 0.2) is 54.6 Å². The maximum Gasteiger partial charge on any atom is 0.274 e. The average molecular weight is 456 g/mol. The van der Waals surface area contributed by atoms with Gasteiger partial charge in [-0.3, -0.25) is 9.48 Å². The second-order valence-electron chi connectivity index (χ2n) is 8.76. The largest absolute Gasteiger partial charge is 0.337 e. The Balaban J connectivity index is 1.38. The molecule has 34 heavy (non-hydrogen) atoms. The van der Waals surface area contributed by atoms with E-state index in [2.05, 4.69) is 57.9 Å². The molecule has 1 aliphatic rings. The number of aryl methyl sites for hydroxylation is 1. The van der Waals surface area contributed by atoms with E-state index in [0.29, 0.717) is 18.1 Å². The third-order valence-electron chi connectivity index (χ3n) is 6.37. The molecule has 5 rings (SSSR count). The topological polar surface area (TPSA) is 92.6 Å². The van der Waals surface area contributed by atoms with Crippen LogP contribution in [0.4, 0.5) is 0 Å². The lowest BCUT2D eigenvalue weighted by atomic mass is 9.98. The molecule has 1 amide bonds. The van der Waals surface area contributed by atoms with Crippen molar-refractivity contribution in [2.24, 2.45) is 0 Å². The van der Waals surface area contributed by atoms with Gasteiger partial charge in [-0.1, -0.05) is 61.9 Å². The Morgan fingerprint density at radius 1 is 1.03 bits per heavy atom. The summed E-state index contributed by atoms with van der Waals surface area (Å²) in [5.41, 5.74) is 5.90. The van der Waals surface area contributed by atoms with E-state index in [0.717, 1.165) is 73.1 Å². The van der Waals surface area contributed by atoms with Crippen LogP contribution >= 0.6 is 0 Å². The molecule has 0 saturated carbocycles. The van der Waals surface area contributed by atoms with Gasteiger partial charge in [-0.25, -0.2) is 0 Å². The van der Waals surface area contributed by atoms with Crippen molar-refractivity contribution < 1.29 is 4.79 Å². The van der Waals surface area contributed by atoms with Crippen LogP contribution in [-0.2, 0) is 13.0 Å². The molecule has 0 unspecified atom stereocenters. The molecule has 3 heterocycles. The Morgan fingerprint density at radius 2 is 1.79 bits per heavy atom. The van der Waals surface area contributed by atoms with Crippen LogP contribution in [0.2, 0.25) is 0 Å². The summed E-state index contributed by atoms with van der Waals surface area (Å²) in [6.45, 7) is 4.49. The third kappa shape index (κ3) is 4.62. The van der Waals surface area contributed by atoms with Gasteiger partial charge in [-0.2, -0.15) is 10.3 Å². The minimum absolute atomic E-state index is 0.0578. The van der Waals surface area contributed by atoms with Crippen molar-refractivity contribution >= 4 is 5.91 Å². The molecule has 1 N–H and O–H groups in total. The molecule has 0 aliphatic carbocycles. The van der Waals surface area contributed by atoms with Crippen molar-refractivity contribution in [2.45, 2.75) is 45.6 Å². The molecule has 1 saturated heterocycles. The summed E-state index contributed by atoms with van der Waals surface area (Å²) in [4.78, 5) is 14.8. The van der Waals surface area contributed by atoms with Gasteiger partial charge in [0.1, 0.15) is 0 Å². The molecule has 0 atom stereocenters. The van der Waals surface area contributed by atoms with E-state index in [1.165, 1.54) is 0 Å². The number of rotatable bonds is 8. The first kappa shape index (κ1) is 22.0. The molecular formula is C26H29N7O. The fourth-order valence-corrected chi connectivity index (χ4v) is 4.51. The maximum absolute atomic E-state index is 12.9. The zero-order valence-electron chi connectivity index (χ0n) is 19.4. The van der Waals surface area contributed by atoms with Gasteiger partial charge in [0.05, 0.1) is 6.54 Å². The summed E-state index contributed by atoms with van der Waals surface area (Å²) < 4.78 is 2.00. The van der Waals surface area contributed by atoms with Gasteiger partial charge in [-0.05, 0) is 53.7 Å². The number of likely N-dealkylation sites (tertiary alicyclic amines) is 1. The van der Waals surface area contributed by atoms with Gasteiger partial charge >= 0.3 is 0 Å². The van der Waals surface area contributed by atoms with Gasteiger partial charge in [0.2, 0.25) is 5.82 Å². The molecule has 174 valence electrons. The van der Waals surface area contributed by atoms with Crippen LogP contribution in [0.25, 0.3) is 22.5 Å². The molecular weight excluding hydrogens is 426 g/mol. The molecule has 2 aromatic heterocycles. The third-order valence-corrected chi connectivity index (χ3v) is 6.37. The Morgan fingerprint density at radius 3 is 2.50 bits per heavy atom. The highest BCUT2D eigenvalue weighted by molar-refractivity contribution is 5.92. The summed E-state index contributed by atoms with van der Waals surface area (Å²) >= 11 is 0. The highest BCUT2D eigenvalue weighted by Gasteiger charge is 2.23. The standard InChI is InChI=1S/C26H29N7O/c1-2-3-8-21-17-24(26(34)32-15-6-7-16-32)29-33(21)18-19-11-13-20(14-12-19)22-9-4-5-10-23(22)25-27-30-31-28-25/h4-5,9-14,17H,2-3,6-8,15-16,18H2,1H3,(H,27,28,30,31). The van der Waals surface area contributed by atoms with Gasteiger partial charge in [0, 0.05) is 24.3 Å². The number of aromatic nitrogens is 6. The number of hydrogen-bond acceptors (Lipinski definition) is 5. The van der Waals surface area contributed by atoms with Crippen molar-refractivity contribution in [3.8, 4) is 22.5 Å². The molecule has 0 bridgehead atoms. The SMILES string of the molecule is CCCCc1cc(C(=O)N2CCCC2)nn1Cc1ccc(-c2ccccc2-c2nn[nH]n2)cc1. The minimum Gasteiger partial charge on any atom is -0.337 e. The van der Waals surface area contributed by atoms with Crippen LogP contribution in [0, 0.1) is 0 Å². The van der Waals surface area contributed by atoms with Crippen LogP contribution < -0.4 is 0 Å². The number of carbonyl (C=O) groups is 1. The number of aromatic amines is 1. The van der Waals surface area contributed by atoms with Gasteiger partial charge in [0.25, 0.3) is 5.91 Å². The van der Waals surface area contributed by atoms with E-state index >= 15 is 0 Å². The summed E-state index contributed by atoms with van der Waals surface area (Å²) in [6, 6.07) is 18.5. The Bertz CT molecular complexity index is 1240. The number of benzene rings is 2. The molecule has 0 radical (unpaired) electrons.